The summed E-state index contributed by atoms with van der Waals surface area (Å²) in [6.45, 7) is 5.24. The van der Waals surface area contributed by atoms with Crippen molar-refractivity contribution >= 4 is 21.4 Å². The molecule has 15 heavy (non-hydrogen) atoms. The van der Waals surface area contributed by atoms with Gasteiger partial charge in [0.25, 0.3) is 0 Å². The number of thiophene rings is 1. The molecule has 0 radical (unpaired) electrons. The maximum atomic E-state index is 11.5. The van der Waals surface area contributed by atoms with Gasteiger partial charge in [-0.15, -0.1) is 5.54 Å². The first-order valence-electron chi connectivity index (χ1n) is 3.76. The largest absolute Gasteiger partial charge is 1.00 e. The van der Waals surface area contributed by atoms with Crippen molar-refractivity contribution in [3.05, 3.63) is 22.2 Å². The van der Waals surface area contributed by atoms with E-state index >= 15 is 0 Å². The van der Waals surface area contributed by atoms with Crippen molar-refractivity contribution in [2.24, 2.45) is 0 Å². The van der Waals surface area contributed by atoms with E-state index in [1.807, 2.05) is 0 Å². The van der Waals surface area contributed by atoms with Gasteiger partial charge in [0.2, 0.25) is 0 Å². The molecule has 1 aromatic heterocycles. The van der Waals surface area contributed by atoms with Gasteiger partial charge in [-0.1, -0.05) is 20.8 Å². The average Bonchev–Trinajstić information content (AvgIpc) is 2.29. The van der Waals surface area contributed by atoms with Crippen molar-refractivity contribution in [2.75, 3.05) is 0 Å². The Morgan fingerprint density at radius 3 is 2.20 bits per heavy atom. The van der Waals surface area contributed by atoms with Crippen molar-refractivity contribution in [3.63, 3.8) is 0 Å². The molecule has 3 nitrogen and oxygen atoms in total. The van der Waals surface area contributed by atoms with E-state index in [-0.39, 0.29) is 41.9 Å². The van der Waals surface area contributed by atoms with Crippen LogP contribution in [0.1, 0.15) is 20.8 Å². The quantitative estimate of drug-likeness (QED) is 0.390. The molecule has 0 aromatic carbocycles. The monoisotopic (exact) mass is 231 g/mol. The minimum absolute atomic E-state index is 0. The zero-order valence-corrected chi connectivity index (χ0v) is 11.4. The molecule has 0 aliphatic rings. The summed E-state index contributed by atoms with van der Waals surface area (Å²) < 4.78 is 27.0. The van der Waals surface area contributed by atoms with E-state index in [4.69, 9.17) is 0 Å². The molecule has 7 heteroatoms. The minimum atomic E-state index is -3.49. The Morgan fingerprint density at radius 2 is 1.87 bits per heavy atom. The second-order valence-electron chi connectivity index (χ2n) is 3.59. The number of sulfonamides is 1. The van der Waals surface area contributed by atoms with Gasteiger partial charge in [-0.25, -0.2) is 20.6 Å². The summed E-state index contributed by atoms with van der Waals surface area (Å²) in [4.78, 5) is 0. The number of nitrogens with zero attached hydrogens (tertiary/aromatic N) is 1. The van der Waals surface area contributed by atoms with Crippen LogP contribution >= 0.6 is 11.3 Å². The summed E-state index contributed by atoms with van der Waals surface area (Å²) in [5.41, 5.74) is -0.573. The molecule has 1 rings (SSSR count). The van der Waals surface area contributed by atoms with Crippen LogP contribution in [0.3, 0.4) is 0 Å². The van der Waals surface area contributed by atoms with Crippen LogP contribution in [0.5, 0.6) is 0 Å². The van der Waals surface area contributed by atoms with Gasteiger partial charge in [0.1, 0.15) is 0 Å². The molecule has 0 unspecified atom stereocenters. The van der Waals surface area contributed by atoms with Gasteiger partial charge in [0.05, 0.1) is 10.0 Å². The summed E-state index contributed by atoms with van der Waals surface area (Å²) in [6.07, 6.45) is 0. The van der Waals surface area contributed by atoms with E-state index in [1.165, 1.54) is 0 Å². The van der Waals surface area contributed by atoms with E-state index in [9.17, 15) is 8.42 Å². The molecule has 0 spiro atoms. The van der Waals surface area contributed by atoms with Crippen LogP contribution in [-0.4, -0.2) is 14.0 Å². The van der Waals surface area contributed by atoms with Crippen LogP contribution in [0.15, 0.2) is 15.7 Å². The Hall–Kier alpha value is 0.805. The van der Waals surface area contributed by atoms with Crippen LogP contribution in [0, 0.1) is 6.07 Å². The third kappa shape index (κ3) is 6.19. The second-order valence-corrected chi connectivity index (χ2v) is 6.31. The molecule has 0 atom stereocenters. The van der Waals surface area contributed by atoms with Crippen molar-refractivity contribution in [1.29, 1.82) is 0 Å². The first-order chi connectivity index (χ1) is 5.81. The van der Waals surface area contributed by atoms with Crippen LogP contribution in [0.4, 0.5) is 0 Å². The Bertz CT molecular complexity index is 368. The van der Waals surface area contributed by atoms with Gasteiger partial charge in [0.15, 0.2) is 0 Å². The van der Waals surface area contributed by atoms with Crippen molar-refractivity contribution in [3.8, 4) is 0 Å². The summed E-state index contributed by atoms with van der Waals surface area (Å²) >= 11 is 1.13. The topological polar surface area (TPSA) is 48.2 Å². The third-order valence-electron chi connectivity index (χ3n) is 1.07. The van der Waals surface area contributed by atoms with E-state index in [2.05, 4.69) is 10.8 Å². The molecule has 74 valence electrons. The normalized spacial score (nSPS) is 11.4. The summed E-state index contributed by atoms with van der Waals surface area (Å²) in [7, 11) is -3.49. The van der Waals surface area contributed by atoms with Crippen molar-refractivity contribution in [2.45, 2.75) is 30.5 Å². The molecule has 0 saturated heterocycles. The predicted molar refractivity (Wildman–Crippen MR) is 53.5 cm³/mol. The molecule has 0 saturated carbocycles. The van der Waals surface area contributed by atoms with Gasteiger partial charge in [-0.05, 0) is 4.21 Å². The molecule has 0 aliphatic carbocycles. The summed E-state index contributed by atoms with van der Waals surface area (Å²) in [5, 5.41) is 1.67. The fourth-order valence-corrected chi connectivity index (χ4v) is 2.95. The molecular formula is C8H11Li2NO2S2. The van der Waals surface area contributed by atoms with Gasteiger partial charge < -0.3 is 4.72 Å². The zero-order valence-electron chi connectivity index (χ0n) is 9.73. The molecule has 1 heterocycles. The van der Waals surface area contributed by atoms with Gasteiger partial charge in [-0.3, -0.25) is 11.3 Å². The van der Waals surface area contributed by atoms with Gasteiger partial charge in [0, 0.05) is 0 Å². The van der Waals surface area contributed by atoms with Crippen molar-refractivity contribution < 1.29 is 46.1 Å². The maximum absolute atomic E-state index is 11.5. The fourth-order valence-electron chi connectivity index (χ4n) is 0.769. The second kappa shape index (κ2) is 6.52. The molecule has 0 bridgehead atoms. The fraction of sp³-hybridized carbons (Fsp3) is 0.500. The zero-order chi connectivity index (χ0) is 10.1. The number of hydrogen-bond donors (Lipinski definition) is 0. The van der Waals surface area contributed by atoms with Gasteiger partial charge >= 0.3 is 37.7 Å². The van der Waals surface area contributed by atoms with E-state index in [0.717, 1.165) is 11.3 Å². The van der Waals surface area contributed by atoms with Crippen molar-refractivity contribution in [1.82, 2.24) is 0 Å². The first-order valence-corrected chi connectivity index (χ1v) is 6.08. The Kier molecular flexibility index (Phi) is 7.90. The Balaban J connectivity index is 0. The average molecular weight is 231 g/mol. The number of rotatable bonds is 2. The molecule has 1 aromatic rings. The molecule has 0 N–H and O–H groups in total. The van der Waals surface area contributed by atoms with E-state index < -0.39 is 15.6 Å². The SMILES string of the molecule is CC(C)(C)[N-]S(=O)(=O)c1[c-]ccs1.[Li+].[Li+]. The van der Waals surface area contributed by atoms with Gasteiger partial charge in [-0.2, -0.15) is 5.38 Å². The van der Waals surface area contributed by atoms with Crippen LogP contribution in [-0.2, 0) is 10.0 Å². The summed E-state index contributed by atoms with van der Waals surface area (Å²) in [5.74, 6) is 0. The summed E-state index contributed by atoms with van der Waals surface area (Å²) in [6, 6.07) is 4.22. The smallest absolute Gasteiger partial charge is 0.541 e. The first kappa shape index (κ1) is 18.2. The van der Waals surface area contributed by atoms with Crippen LogP contribution in [0.2, 0.25) is 0 Å². The Morgan fingerprint density at radius 1 is 1.33 bits per heavy atom. The predicted octanol–water partition coefficient (Wildman–Crippen LogP) is -3.58. The van der Waals surface area contributed by atoms with Crippen LogP contribution < -0.4 is 37.7 Å². The maximum Gasteiger partial charge on any atom is 1.00 e. The standard InChI is InChI=1S/C8H11NO2S2.2Li/c1-8(2,3)9-13(10,11)7-5-4-6-12-7;;/h4,6H,1-3H3;;/q-2;2*+1. The number of hydrogen-bond acceptors (Lipinski definition) is 3. The molecular weight excluding hydrogens is 220 g/mol. The molecule has 0 aliphatic heterocycles. The minimum Gasteiger partial charge on any atom is -0.541 e. The third-order valence-corrected chi connectivity index (χ3v) is 3.97. The molecule has 0 amide bonds. The van der Waals surface area contributed by atoms with E-state index in [1.54, 1.807) is 32.2 Å². The molecule has 0 fully saturated rings. The van der Waals surface area contributed by atoms with Crippen LogP contribution in [0.25, 0.3) is 4.72 Å². The van der Waals surface area contributed by atoms with E-state index in [0.29, 0.717) is 0 Å². The Labute approximate surface area is 119 Å².